The topological polar surface area (TPSA) is 29.3 Å². The molecule has 2 unspecified atom stereocenters. The fourth-order valence-corrected chi connectivity index (χ4v) is 1.98. The first kappa shape index (κ1) is 9.57. The molecule has 0 radical (unpaired) electrons. The van der Waals surface area contributed by atoms with Crippen molar-refractivity contribution in [1.82, 2.24) is 4.90 Å². The largest absolute Gasteiger partial charge is 0.329 e. The lowest BCUT2D eigenvalue weighted by Gasteiger charge is -2.38. The molecule has 1 aliphatic rings. The van der Waals surface area contributed by atoms with Gasteiger partial charge in [0.1, 0.15) is 0 Å². The summed E-state index contributed by atoms with van der Waals surface area (Å²) in [6.45, 7) is 3.73. The fourth-order valence-electron chi connectivity index (χ4n) is 1.98. The van der Waals surface area contributed by atoms with Crippen molar-refractivity contribution in [3.8, 4) is 12.3 Å². The van der Waals surface area contributed by atoms with E-state index >= 15 is 0 Å². The van der Waals surface area contributed by atoms with E-state index in [1.807, 2.05) is 0 Å². The zero-order valence-electron chi connectivity index (χ0n) is 7.79. The second-order valence-electron chi connectivity index (χ2n) is 3.55. The Hall–Kier alpha value is -0.520. The molecule has 0 saturated carbocycles. The maximum atomic E-state index is 5.68. The third-order valence-corrected chi connectivity index (χ3v) is 2.74. The predicted molar refractivity (Wildman–Crippen MR) is 51.7 cm³/mol. The Morgan fingerprint density at radius 1 is 1.58 bits per heavy atom. The average Bonchev–Trinajstić information content (AvgIpc) is 2.09. The van der Waals surface area contributed by atoms with Crippen LogP contribution in [0.5, 0.6) is 0 Å². The molecule has 0 spiro atoms. The molecule has 0 aromatic rings. The maximum absolute atomic E-state index is 5.68. The minimum Gasteiger partial charge on any atom is -0.329 e. The van der Waals surface area contributed by atoms with Crippen LogP contribution in [0.1, 0.15) is 26.2 Å². The molecule has 0 bridgehead atoms. The molecule has 2 atom stereocenters. The zero-order chi connectivity index (χ0) is 8.97. The van der Waals surface area contributed by atoms with Crippen LogP contribution in [0.3, 0.4) is 0 Å². The molecule has 1 heterocycles. The number of nitrogens with zero attached hydrogens (tertiary/aromatic N) is 1. The van der Waals surface area contributed by atoms with Gasteiger partial charge in [0.25, 0.3) is 0 Å². The van der Waals surface area contributed by atoms with E-state index in [-0.39, 0.29) is 0 Å². The van der Waals surface area contributed by atoms with Gasteiger partial charge < -0.3 is 5.73 Å². The van der Waals surface area contributed by atoms with Gasteiger partial charge in [-0.25, -0.2) is 0 Å². The summed E-state index contributed by atoms with van der Waals surface area (Å²) in [6.07, 6.45) is 9.07. The predicted octanol–water partition coefficient (Wildman–Crippen LogP) is 0.821. The third-order valence-electron chi connectivity index (χ3n) is 2.74. The van der Waals surface area contributed by atoms with Crippen LogP contribution in [0, 0.1) is 12.3 Å². The quantitative estimate of drug-likeness (QED) is 0.615. The van der Waals surface area contributed by atoms with E-state index in [0.717, 1.165) is 13.1 Å². The lowest BCUT2D eigenvalue weighted by molar-refractivity contribution is 0.115. The smallest absolute Gasteiger partial charge is 0.0604 e. The van der Waals surface area contributed by atoms with Crippen molar-refractivity contribution in [2.45, 2.75) is 38.3 Å². The van der Waals surface area contributed by atoms with E-state index in [1.165, 1.54) is 19.3 Å². The standard InChI is InChI=1S/C10H18N2/c1-3-7-12-9(2)5-4-6-10(12)8-11/h1,9-10H,4-8,11H2,2H3. The van der Waals surface area contributed by atoms with Gasteiger partial charge in [0.15, 0.2) is 0 Å². The van der Waals surface area contributed by atoms with Crippen LogP contribution in [-0.4, -0.2) is 30.1 Å². The summed E-state index contributed by atoms with van der Waals surface area (Å²) < 4.78 is 0. The van der Waals surface area contributed by atoms with Gasteiger partial charge in [0.05, 0.1) is 6.54 Å². The number of terminal acetylenes is 1. The first-order valence-electron chi connectivity index (χ1n) is 4.69. The van der Waals surface area contributed by atoms with Crippen LogP contribution < -0.4 is 5.73 Å². The summed E-state index contributed by atoms with van der Waals surface area (Å²) in [5, 5.41) is 0. The van der Waals surface area contributed by atoms with Crippen LogP contribution in [0.15, 0.2) is 0 Å². The van der Waals surface area contributed by atoms with Crippen LogP contribution in [0.4, 0.5) is 0 Å². The lowest BCUT2D eigenvalue weighted by atomic mass is 9.96. The van der Waals surface area contributed by atoms with E-state index in [2.05, 4.69) is 17.7 Å². The minimum absolute atomic E-state index is 0.518. The van der Waals surface area contributed by atoms with E-state index in [9.17, 15) is 0 Å². The lowest BCUT2D eigenvalue weighted by Crippen LogP contribution is -2.48. The molecule has 68 valence electrons. The summed E-state index contributed by atoms with van der Waals surface area (Å²) in [6, 6.07) is 1.13. The van der Waals surface area contributed by atoms with Crippen molar-refractivity contribution in [2.75, 3.05) is 13.1 Å². The number of rotatable bonds is 2. The van der Waals surface area contributed by atoms with Gasteiger partial charge in [-0.1, -0.05) is 12.3 Å². The molecule has 1 fully saturated rings. The highest BCUT2D eigenvalue weighted by Gasteiger charge is 2.25. The Labute approximate surface area is 75.1 Å². The Kier molecular flexibility index (Phi) is 3.58. The monoisotopic (exact) mass is 166 g/mol. The summed E-state index contributed by atoms with van der Waals surface area (Å²) in [5.41, 5.74) is 5.68. The molecule has 0 amide bonds. The van der Waals surface area contributed by atoms with Crippen molar-refractivity contribution in [2.24, 2.45) is 5.73 Å². The number of hydrogen-bond donors (Lipinski definition) is 1. The van der Waals surface area contributed by atoms with Crippen molar-refractivity contribution in [1.29, 1.82) is 0 Å². The second-order valence-corrected chi connectivity index (χ2v) is 3.55. The number of piperidine rings is 1. The van der Waals surface area contributed by atoms with Crippen molar-refractivity contribution in [3.63, 3.8) is 0 Å². The van der Waals surface area contributed by atoms with Gasteiger partial charge in [0.2, 0.25) is 0 Å². The van der Waals surface area contributed by atoms with Gasteiger partial charge in [0, 0.05) is 18.6 Å². The van der Waals surface area contributed by atoms with Crippen molar-refractivity contribution < 1.29 is 0 Å². The first-order chi connectivity index (χ1) is 5.79. The third kappa shape index (κ3) is 2.00. The molecule has 0 aliphatic carbocycles. The summed E-state index contributed by atoms with van der Waals surface area (Å²) in [4.78, 5) is 2.35. The van der Waals surface area contributed by atoms with Gasteiger partial charge in [-0.15, -0.1) is 6.42 Å². The van der Waals surface area contributed by atoms with Crippen molar-refractivity contribution >= 4 is 0 Å². The van der Waals surface area contributed by atoms with Gasteiger partial charge in [-0.05, 0) is 19.8 Å². The first-order valence-corrected chi connectivity index (χ1v) is 4.69. The molecule has 1 saturated heterocycles. The molecule has 1 aliphatic heterocycles. The molecule has 0 aromatic carbocycles. The summed E-state index contributed by atoms with van der Waals surface area (Å²) in [7, 11) is 0. The second kappa shape index (κ2) is 4.49. The number of hydrogen-bond acceptors (Lipinski definition) is 2. The number of likely N-dealkylation sites (tertiary alicyclic amines) is 1. The highest BCUT2D eigenvalue weighted by molar-refractivity contribution is 4.94. The maximum Gasteiger partial charge on any atom is 0.0604 e. The van der Waals surface area contributed by atoms with Crippen LogP contribution in [0.2, 0.25) is 0 Å². The number of nitrogens with two attached hydrogens (primary N) is 1. The molecule has 2 heteroatoms. The summed E-state index contributed by atoms with van der Waals surface area (Å²) >= 11 is 0. The van der Waals surface area contributed by atoms with Crippen LogP contribution in [0.25, 0.3) is 0 Å². The van der Waals surface area contributed by atoms with E-state index in [0.29, 0.717) is 12.1 Å². The Balaban J connectivity index is 2.54. The van der Waals surface area contributed by atoms with Crippen molar-refractivity contribution in [3.05, 3.63) is 0 Å². The molecule has 2 nitrogen and oxygen atoms in total. The van der Waals surface area contributed by atoms with Gasteiger partial charge >= 0.3 is 0 Å². The van der Waals surface area contributed by atoms with Gasteiger partial charge in [-0.3, -0.25) is 4.90 Å². The SMILES string of the molecule is C#CCN1C(C)CCCC1CN. The fraction of sp³-hybridized carbons (Fsp3) is 0.800. The Morgan fingerprint density at radius 2 is 2.33 bits per heavy atom. The van der Waals surface area contributed by atoms with Crippen LogP contribution >= 0.6 is 0 Å². The molecular formula is C10H18N2. The molecule has 2 N–H and O–H groups in total. The Bertz CT molecular complexity index is 171. The molecule has 12 heavy (non-hydrogen) atoms. The summed E-state index contributed by atoms with van der Waals surface area (Å²) in [5.74, 6) is 2.70. The molecular weight excluding hydrogens is 148 g/mol. The van der Waals surface area contributed by atoms with Gasteiger partial charge in [-0.2, -0.15) is 0 Å². The normalized spacial score (nSPS) is 31.4. The zero-order valence-corrected chi connectivity index (χ0v) is 7.79. The Morgan fingerprint density at radius 3 is 2.92 bits per heavy atom. The minimum atomic E-state index is 0.518. The highest BCUT2D eigenvalue weighted by atomic mass is 15.2. The molecule has 1 rings (SSSR count). The van der Waals surface area contributed by atoms with Crippen LogP contribution in [-0.2, 0) is 0 Å². The molecule has 0 aromatic heterocycles. The van der Waals surface area contributed by atoms with E-state index in [1.54, 1.807) is 0 Å². The van der Waals surface area contributed by atoms with E-state index in [4.69, 9.17) is 12.2 Å². The van der Waals surface area contributed by atoms with E-state index < -0.39 is 0 Å². The average molecular weight is 166 g/mol. The highest BCUT2D eigenvalue weighted by Crippen LogP contribution is 2.21.